The number of rotatable bonds is 8. The first-order chi connectivity index (χ1) is 29.4. The maximum Gasteiger partial charge on any atom is 0.187 e. The zero-order valence-corrected chi connectivity index (χ0v) is 36.8. The summed E-state index contributed by atoms with van der Waals surface area (Å²) in [6.45, 7) is 10.5. The van der Waals surface area contributed by atoms with E-state index in [0.29, 0.717) is 47.8 Å². The number of hydrogen-bond donors (Lipinski definition) is 9. The van der Waals surface area contributed by atoms with Crippen molar-refractivity contribution in [2.75, 3.05) is 19.8 Å². The van der Waals surface area contributed by atoms with E-state index in [1.54, 1.807) is 0 Å². The lowest BCUT2D eigenvalue weighted by Crippen LogP contribution is -2.67. The Morgan fingerprint density at radius 3 is 1.84 bits per heavy atom. The minimum atomic E-state index is -1.80. The van der Waals surface area contributed by atoms with Gasteiger partial charge in [-0.05, 0) is 111 Å². The van der Waals surface area contributed by atoms with Crippen LogP contribution in [0.4, 0.5) is 0 Å². The average molecular weight is 887 g/mol. The summed E-state index contributed by atoms with van der Waals surface area (Å²) in [5, 5.41) is 96.2. The van der Waals surface area contributed by atoms with Crippen molar-refractivity contribution in [3.8, 4) is 0 Å². The van der Waals surface area contributed by atoms with Crippen LogP contribution >= 0.6 is 0 Å². The second-order valence-corrected chi connectivity index (χ2v) is 21.5. The van der Waals surface area contributed by atoms with Crippen molar-refractivity contribution >= 4 is 0 Å². The van der Waals surface area contributed by atoms with E-state index in [4.69, 9.17) is 37.9 Å². The van der Waals surface area contributed by atoms with Gasteiger partial charge in [-0.2, -0.15) is 0 Å². The van der Waals surface area contributed by atoms with Gasteiger partial charge in [0.2, 0.25) is 0 Å². The summed E-state index contributed by atoms with van der Waals surface area (Å²) in [7, 11) is 0. The highest BCUT2D eigenvalue weighted by molar-refractivity contribution is 5.15. The molecule has 0 amide bonds. The molecule has 356 valence electrons. The van der Waals surface area contributed by atoms with Gasteiger partial charge in [-0.3, -0.25) is 0 Å². The van der Waals surface area contributed by atoms with Crippen molar-refractivity contribution in [1.29, 1.82) is 0 Å². The first kappa shape index (κ1) is 46.4. The molecule has 17 nitrogen and oxygen atoms in total. The molecule has 27 atom stereocenters. The zero-order chi connectivity index (χ0) is 44.2. The zero-order valence-electron chi connectivity index (χ0n) is 36.8. The molecular weight excluding hydrogens is 812 g/mol. The highest BCUT2D eigenvalue weighted by atomic mass is 16.8. The van der Waals surface area contributed by atoms with Gasteiger partial charge >= 0.3 is 0 Å². The maximum absolute atomic E-state index is 11.5. The third kappa shape index (κ3) is 7.56. The van der Waals surface area contributed by atoms with Crippen molar-refractivity contribution in [2.24, 2.45) is 52.3 Å². The molecule has 17 heteroatoms. The van der Waals surface area contributed by atoms with Crippen LogP contribution in [0.1, 0.15) is 98.8 Å². The fraction of sp³-hybridized carbons (Fsp3) is 1.00. The minimum Gasteiger partial charge on any atom is -0.394 e. The predicted octanol–water partition coefficient (Wildman–Crippen LogP) is 0.294. The predicted molar refractivity (Wildman–Crippen MR) is 214 cm³/mol. The van der Waals surface area contributed by atoms with E-state index < -0.39 is 111 Å². The molecule has 0 aromatic heterocycles. The molecule has 5 aliphatic heterocycles. The number of hydrogen-bond acceptors (Lipinski definition) is 17. The summed E-state index contributed by atoms with van der Waals surface area (Å²) < 4.78 is 49.9. The molecule has 9 fully saturated rings. The Morgan fingerprint density at radius 1 is 0.581 bits per heavy atom. The van der Waals surface area contributed by atoms with Gasteiger partial charge in [0.25, 0.3) is 0 Å². The summed E-state index contributed by atoms with van der Waals surface area (Å²) in [5.41, 5.74) is 0.323. The molecule has 62 heavy (non-hydrogen) atoms. The van der Waals surface area contributed by atoms with Crippen molar-refractivity contribution in [3.05, 3.63) is 0 Å². The standard InChI is InChI=1S/C45H74O17/c1-19-8-13-45(55-18-19)20(2)30-27(62-45)15-26-24-7-6-22-14-23(9-11-43(22,4)25(24)10-12-44(26,30)5)57-41-38(35(52)32(49)28(16-46)58-41)61-42-39(36(53)33(50)29(17-47)59-42)60-40-37(54)34(51)31(48)21(3)56-40/h19-42,46-54H,6-18H2,1-5H3/t19-,20-,21-,22+,23-,24+,25-,26-,27-,28+,29+,30-,31-,32+,33+,34+,35-,36-,37+,38+,39+,40-,41+,42-,43-,44-,45+/m0/s1. The van der Waals surface area contributed by atoms with Crippen LogP contribution in [0, 0.1) is 52.3 Å². The molecule has 0 unspecified atom stereocenters. The lowest BCUT2D eigenvalue weighted by molar-refractivity contribution is -0.395. The van der Waals surface area contributed by atoms with E-state index in [9.17, 15) is 46.0 Å². The van der Waals surface area contributed by atoms with E-state index >= 15 is 0 Å². The molecule has 4 saturated carbocycles. The van der Waals surface area contributed by atoms with Gasteiger partial charge in [0.05, 0.1) is 38.1 Å². The fourth-order valence-corrected chi connectivity index (χ4v) is 14.6. The van der Waals surface area contributed by atoms with Crippen molar-refractivity contribution in [1.82, 2.24) is 0 Å². The molecule has 5 heterocycles. The van der Waals surface area contributed by atoms with Crippen molar-refractivity contribution in [3.63, 3.8) is 0 Å². The van der Waals surface area contributed by atoms with Gasteiger partial charge in [0.15, 0.2) is 24.7 Å². The van der Waals surface area contributed by atoms with E-state index in [-0.39, 0.29) is 23.0 Å². The van der Waals surface area contributed by atoms with Gasteiger partial charge in [-0.25, -0.2) is 0 Å². The Bertz CT molecular complexity index is 1550. The smallest absolute Gasteiger partial charge is 0.187 e. The summed E-state index contributed by atoms with van der Waals surface area (Å²) in [6, 6.07) is 0. The molecule has 0 aromatic carbocycles. The van der Waals surface area contributed by atoms with Gasteiger partial charge in [-0.1, -0.05) is 27.7 Å². The first-order valence-electron chi connectivity index (χ1n) is 23.7. The molecule has 1 spiro atoms. The Hall–Kier alpha value is -0.680. The second-order valence-electron chi connectivity index (χ2n) is 21.5. The largest absolute Gasteiger partial charge is 0.394 e. The summed E-state index contributed by atoms with van der Waals surface area (Å²) in [5.74, 6) is 3.19. The van der Waals surface area contributed by atoms with Crippen LogP contribution in [0.2, 0.25) is 0 Å². The quantitative estimate of drug-likeness (QED) is 0.149. The Morgan fingerprint density at radius 2 is 1.21 bits per heavy atom. The summed E-state index contributed by atoms with van der Waals surface area (Å²) in [6.07, 6.45) is -12.9. The molecule has 0 radical (unpaired) electrons. The monoisotopic (exact) mass is 886 g/mol. The highest BCUT2D eigenvalue weighted by Crippen LogP contribution is 2.71. The van der Waals surface area contributed by atoms with Gasteiger partial charge in [0, 0.05) is 12.3 Å². The van der Waals surface area contributed by atoms with Gasteiger partial charge < -0.3 is 83.9 Å². The number of aliphatic hydroxyl groups excluding tert-OH is 9. The van der Waals surface area contributed by atoms with E-state index in [2.05, 4.69) is 27.7 Å². The Balaban J connectivity index is 0.889. The molecule has 0 bridgehead atoms. The first-order valence-corrected chi connectivity index (χ1v) is 23.7. The molecule has 9 N–H and O–H groups in total. The molecule has 0 aromatic rings. The summed E-state index contributed by atoms with van der Waals surface area (Å²) >= 11 is 0. The van der Waals surface area contributed by atoms with Crippen LogP contribution in [-0.4, -0.2) is 176 Å². The van der Waals surface area contributed by atoms with Crippen LogP contribution in [0.25, 0.3) is 0 Å². The lowest BCUT2D eigenvalue weighted by Gasteiger charge is -2.61. The molecule has 5 saturated heterocycles. The number of ether oxygens (including phenoxy) is 8. The van der Waals surface area contributed by atoms with E-state index in [0.717, 1.165) is 51.6 Å². The van der Waals surface area contributed by atoms with Crippen LogP contribution in [0.3, 0.4) is 0 Å². The SMILES string of the molecule is C[C@H]1CC[C@@]2(OC1)O[C@H]1C[C@H]3[C@@H]4CC[C@@H]5C[C@@H](O[C@@H]6O[C@H](CO)[C@@H](O)[C@H](O)[C@H]6O[C@@H]6O[C@H](CO)[C@@H](O)[C@H](O)[C@H]6O[C@@H]6O[C@@H](C)[C@H](O)[C@@H](O)[C@H]6O)CC[C@]5(C)[C@H]4CC[C@]3(C)[C@H]1[C@@H]2C. The summed E-state index contributed by atoms with van der Waals surface area (Å²) in [4.78, 5) is 0. The van der Waals surface area contributed by atoms with Crippen LogP contribution < -0.4 is 0 Å². The number of fused-ring (bicyclic) bond motifs is 7. The third-order valence-electron chi connectivity index (χ3n) is 18.3. The highest BCUT2D eigenvalue weighted by Gasteiger charge is 2.69. The van der Waals surface area contributed by atoms with Crippen LogP contribution in [0.5, 0.6) is 0 Å². The van der Waals surface area contributed by atoms with E-state index in [1.165, 1.54) is 19.8 Å². The minimum absolute atomic E-state index is 0.106. The van der Waals surface area contributed by atoms with E-state index in [1.807, 2.05) is 0 Å². The average Bonchev–Trinajstić information content (AvgIpc) is 3.70. The molecule has 9 aliphatic rings. The Labute approximate surface area is 364 Å². The molecular formula is C45H74O17. The lowest BCUT2D eigenvalue weighted by atomic mass is 9.44. The third-order valence-corrected chi connectivity index (χ3v) is 18.3. The van der Waals surface area contributed by atoms with Crippen molar-refractivity contribution in [2.45, 2.75) is 209 Å². The topological polar surface area (TPSA) is 256 Å². The van der Waals surface area contributed by atoms with Crippen LogP contribution in [-0.2, 0) is 37.9 Å². The van der Waals surface area contributed by atoms with Crippen molar-refractivity contribution < 1.29 is 83.9 Å². The Kier molecular flexibility index (Phi) is 13.1. The molecule has 4 aliphatic carbocycles. The number of aliphatic hydroxyl groups is 9. The van der Waals surface area contributed by atoms with Crippen LogP contribution in [0.15, 0.2) is 0 Å². The second kappa shape index (κ2) is 17.4. The fourth-order valence-electron chi connectivity index (χ4n) is 14.6. The van der Waals surface area contributed by atoms with Gasteiger partial charge in [0.1, 0.15) is 67.1 Å². The molecule has 9 rings (SSSR count). The normalized spacial score (nSPS) is 58.9. The van der Waals surface area contributed by atoms with Gasteiger partial charge in [-0.15, -0.1) is 0 Å². The maximum atomic E-state index is 11.5.